The Hall–Kier alpha value is -1.55. The molecule has 2 N–H and O–H groups in total. The molecule has 0 aromatic heterocycles. The molecule has 100 valence electrons. The highest BCUT2D eigenvalue weighted by atomic mass is 16.5. The second kappa shape index (κ2) is 7.01. The van der Waals surface area contributed by atoms with Crippen LogP contribution >= 0.6 is 0 Å². The molecule has 1 atom stereocenters. The van der Waals surface area contributed by atoms with Crippen molar-refractivity contribution in [1.82, 2.24) is 5.32 Å². The van der Waals surface area contributed by atoms with E-state index in [0.29, 0.717) is 12.5 Å². The van der Waals surface area contributed by atoms with Crippen LogP contribution in [0.2, 0.25) is 0 Å². The predicted octanol–water partition coefficient (Wildman–Crippen LogP) is 3.00. The molecule has 0 saturated heterocycles. The van der Waals surface area contributed by atoms with Gasteiger partial charge in [-0.25, -0.2) is 4.79 Å². The lowest BCUT2D eigenvalue weighted by Gasteiger charge is -2.18. The van der Waals surface area contributed by atoms with E-state index in [2.05, 4.69) is 24.5 Å². The van der Waals surface area contributed by atoms with Crippen LogP contribution < -0.4 is 10.6 Å². The molecule has 0 bridgehead atoms. The van der Waals surface area contributed by atoms with Crippen molar-refractivity contribution in [3.8, 4) is 0 Å². The summed E-state index contributed by atoms with van der Waals surface area (Å²) in [6, 6.07) is 7.58. The van der Waals surface area contributed by atoms with Crippen LogP contribution in [0.4, 0.5) is 10.5 Å². The Balaban J connectivity index is 2.64. The van der Waals surface area contributed by atoms with E-state index in [4.69, 9.17) is 4.74 Å². The lowest BCUT2D eigenvalue weighted by atomic mass is 10.1. The fourth-order valence-electron chi connectivity index (χ4n) is 1.46. The van der Waals surface area contributed by atoms with Gasteiger partial charge < -0.3 is 15.4 Å². The molecule has 0 radical (unpaired) electrons. The van der Waals surface area contributed by atoms with Crippen molar-refractivity contribution in [2.24, 2.45) is 5.92 Å². The molecule has 1 rings (SSSR count). The highest BCUT2D eigenvalue weighted by molar-refractivity contribution is 5.90. The van der Waals surface area contributed by atoms with Gasteiger partial charge in [-0.2, -0.15) is 0 Å². The SMILES string of the molecule is COCc1ccccc1NC(=O)N[C@H](C)C(C)C. The summed E-state index contributed by atoms with van der Waals surface area (Å²) >= 11 is 0. The van der Waals surface area contributed by atoms with E-state index < -0.39 is 0 Å². The molecule has 4 heteroatoms. The Morgan fingerprint density at radius 1 is 1.28 bits per heavy atom. The number of para-hydroxylation sites is 1. The second-order valence-electron chi connectivity index (χ2n) is 4.72. The first-order chi connectivity index (χ1) is 8.54. The van der Waals surface area contributed by atoms with Gasteiger partial charge in [-0.1, -0.05) is 32.0 Å². The maximum atomic E-state index is 11.8. The summed E-state index contributed by atoms with van der Waals surface area (Å²) in [5, 5.41) is 5.76. The van der Waals surface area contributed by atoms with Gasteiger partial charge in [0.05, 0.1) is 6.61 Å². The van der Waals surface area contributed by atoms with Crippen molar-refractivity contribution in [1.29, 1.82) is 0 Å². The van der Waals surface area contributed by atoms with Crippen LogP contribution in [0.3, 0.4) is 0 Å². The van der Waals surface area contributed by atoms with Gasteiger partial charge in [-0.15, -0.1) is 0 Å². The van der Waals surface area contributed by atoms with Gasteiger partial charge in [-0.3, -0.25) is 0 Å². The number of methoxy groups -OCH3 is 1. The van der Waals surface area contributed by atoms with Crippen LogP contribution in [0.15, 0.2) is 24.3 Å². The van der Waals surface area contributed by atoms with Crippen molar-refractivity contribution in [3.63, 3.8) is 0 Å². The van der Waals surface area contributed by atoms with Gasteiger partial charge in [0.25, 0.3) is 0 Å². The minimum atomic E-state index is -0.181. The van der Waals surface area contributed by atoms with Crippen molar-refractivity contribution < 1.29 is 9.53 Å². The first-order valence-corrected chi connectivity index (χ1v) is 6.19. The third kappa shape index (κ3) is 4.37. The lowest BCUT2D eigenvalue weighted by molar-refractivity contribution is 0.185. The Morgan fingerprint density at radius 3 is 2.56 bits per heavy atom. The van der Waals surface area contributed by atoms with Crippen LogP contribution in [0.25, 0.3) is 0 Å². The van der Waals surface area contributed by atoms with Crippen LogP contribution in [0.5, 0.6) is 0 Å². The first kappa shape index (κ1) is 14.5. The van der Waals surface area contributed by atoms with Crippen molar-refractivity contribution in [2.45, 2.75) is 33.4 Å². The molecule has 0 saturated carbocycles. The number of nitrogens with one attached hydrogen (secondary N) is 2. The molecule has 0 heterocycles. The molecule has 0 unspecified atom stereocenters. The van der Waals surface area contributed by atoms with E-state index in [0.717, 1.165) is 11.3 Å². The summed E-state index contributed by atoms with van der Waals surface area (Å²) in [6.45, 7) is 6.62. The van der Waals surface area contributed by atoms with Gasteiger partial charge >= 0.3 is 6.03 Å². The molecule has 0 fully saturated rings. The quantitative estimate of drug-likeness (QED) is 0.844. The topological polar surface area (TPSA) is 50.4 Å². The van der Waals surface area contributed by atoms with Crippen LogP contribution in [-0.4, -0.2) is 19.2 Å². The van der Waals surface area contributed by atoms with E-state index in [1.54, 1.807) is 7.11 Å². The Bertz CT molecular complexity index is 391. The first-order valence-electron chi connectivity index (χ1n) is 6.19. The number of carbonyl (C=O) groups excluding carboxylic acids is 1. The fourth-order valence-corrected chi connectivity index (χ4v) is 1.46. The predicted molar refractivity (Wildman–Crippen MR) is 73.6 cm³/mol. The molecular formula is C14H22N2O2. The third-order valence-corrected chi connectivity index (χ3v) is 2.92. The second-order valence-corrected chi connectivity index (χ2v) is 4.72. The number of anilines is 1. The molecule has 0 aliphatic carbocycles. The molecule has 2 amide bonds. The molecule has 1 aromatic rings. The fraction of sp³-hybridized carbons (Fsp3) is 0.500. The summed E-state index contributed by atoms with van der Waals surface area (Å²) in [6.07, 6.45) is 0. The molecule has 1 aromatic carbocycles. The summed E-state index contributed by atoms with van der Waals surface area (Å²) < 4.78 is 5.10. The summed E-state index contributed by atoms with van der Waals surface area (Å²) in [5.74, 6) is 0.407. The van der Waals surface area contributed by atoms with Crippen LogP contribution in [0, 0.1) is 5.92 Å². The van der Waals surface area contributed by atoms with Gasteiger partial charge in [0.2, 0.25) is 0 Å². The average molecular weight is 250 g/mol. The maximum absolute atomic E-state index is 11.8. The van der Waals surface area contributed by atoms with Gasteiger partial charge in [0.15, 0.2) is 0 Å². The van der Waals surface area contributed by atoms with Gasteiger partial charge in [0.1, 0.15) is 0 Å². The standard InChI is InChI=1S/C14H22N2O2/c1-10(2)11(3)15-14(17)16-13-8-6-5-7-12(13)9-18-4/h5-8,10-11H,9H2,1-4H3,(H2,15,16,17)/t11-/m1/s1. The zero-order valence-electron chi connectivity index (χ0n) is 11.5. The normalized spacial score (nSPS) is 12.3. The zero-order valence-corrected chi connectivity index (χ0v) is 11.5. The van der Waals surface area contributed by atoms with Crippen molar-refractivity contribution in [3.05, 3.63) is 29.8 Å². The number of benzene rings is 1. The minimum Gasteiger partial charge on any atom is -0.380 e. The largest absolute Gasteiger partial charge is 0.380 e. The summed E-state index contributed by atoms with van der Waals surface area (Å²) in [7, 11) is 1.64. The molecule has 18 heavy (non-hydrogen) atoms. The number of hydrogen-bond donors (Lipinski definition) is 2. The smallest absolute Gasteiger partial charge is 0.319 e. The van der Waals surface area contributed by atoms with Crippen molar-refractivity contribution in [2.75, 3.05) is 12.4 Å². The number of urea groups is 1. The van der Waals surface area contributed by atoms with E-state index in [1.165, 1.54) is 0 Å². The molecule has 0 aliphatic rings. The Morgan fingerprint density at radius 2 is 1.94 bits per heavy atom. The molecule has 0 spiro atoms. The van der Waals surface area contributed by atoms with Gasteiger partial charge in [0, 0.05) is 24.4 Å². The van der Waals surface area contributed by atoms with E-state index in [1.807, 2.05) is 31.2 Å². The minimum absolute atomic E-state index is 0.139. The maximum Gasteiger partial charge on any atom is 0.319 e. The number of carbonyl (C=O) groups is 1. The Kier molecular flexibility index (Phi) is 5.65. The molecule has 0 aliphatic heterocycles. The van der Waals surface area contributed by atoms with Crippen molar-refractivity contribution >= 4 is 11.7 Å². The van der Waals surface area contributed by atoms with Crippen LogP contribution in [-0.2, 0) is 11.3 Å². The zero-order chi connectivity index (χ0) is 13.5. The highest BCUT2D eigenvalue weighted by Gasteiger charge is 2.11. The number of ether oxygens (including phenoxy) is 1. The molecule has 4 nitrogen and oxygen atoms in total. The van der Waals surface area contributed by atoms with E-state index >= 15 is 0 Å². The van der Waals surface area contributed by atoms with E-state index in [-0.39, 0.29) is 12.1 Å². The number of amides is 2. The molecular weight excluding hydrogens is 228 g/mol. The summed E-state index contributed by atoms with van der Waals surface area (Å²) in [4.78, 5) is 11.8. The van der Waals surface area contributed by atoms with Crippen LogP contribution in [0.1, 0.15) is 26.3 Å². The van der Waals surface area contributed by atoms with E-state index in [9.17, 15) is 4.79 Å². The average Bonchev–Trinajstić information content (AvgIpc) is 2.31. The summed E-state index contributed by atoms with van der Waals surface area (Å²) in [5.41, 5.74) is 1.75. The third-order valence-electron chi connectivity index (χ3n) is 2.92. The number of hydrogen-bond acceptors (Lipinski definition) is 2. The number of rotatable bonds is 5. The Labute approximate surface area is 109 Å². The monoisotopic (exact) mass is 250 g/mol. The highest BCUT2D eigenvalue weighted by Crippen LogP contribution is 2.15. The van der Waals surface area contributed by atoms with Gasteiger partial charge in [-0.05, 0) is 18.9 Å². The lowest BCUT2D eigenvalue weighted by Crippen LogP contribution is -2.39.